The number of rotatable bonds is 4. The second kappa shape index (κ2) is 7.84. The zero-order chi connectivity index (χ0) is 17.7. The number of carbonyl (C=O) groups excluding carboxylic acids is 1. The van der Waals surface area contributed by atoms with Crippen LogP contribution in [0.15, 0.2) is 17.7 Å². The first-order valence-corrected chi connectivity index (χ1v) is 7.82. The molecular formula is C18H23N3O3. The van der Waals surface area contributed by atoms with Gasteiger partial charge in [-0.05, 0) is 37.7 Å². The monoisotopic (exact) mass is 329 g/mol. The molecule has 0 spiro atoms. The molecule has 0 unspecified atom stereocenters. The maximum atomic E-state index is 12.6. The van der Waals surface area contributed by atoms with E-state index in [0.29, 0.717) is 30.2 Å². The number of nitriles is 1. The SMILES string of the molecule is COc1cc(/C=C(\C#N)C(=O)N2CCN(C)CC2)c(OC)cc1C. The Labute approximate surface area is 142 Å². The van der Waals surface area contributed by atoms with Gasteiger partial charge in [-0.15, -0.1) is 0 Å². The van der Waals surface area contributed by atoms with Gasteiger partial charge in [0.15, 0.2) is 0 Å². The number of hydrogen-bond donors (Lipinski definition) is 0. The molecule has 0 N–H and O–H groups in total. The Bertz CT molecular complexity index is 683. The molecule has 0 radical (unpaired) electrons. The van der Waals surface area contributed by atoms with E-state index in [2.05, 4.69) is 4.90 Å². The fraction of sp³-hybridized carbons (Fsp3) is 0.444. The van der Waals surface area contributed by atoms with Gasteiger partial charge in [-0.1, -0.05) is 0 Å². The topological polar surface area (TPSA) is 65.8 Å². The fourth-order valence-corrected chi connectivity index (χ4v) is 2.66. The van der Waals surface area contributed by atoms with E-state index in [9.17, 15) is 10.1 Å². The molecule has 1 aromatic rings. The van der Waals surface area contributed by atoms with Crippen LogP contribution in [0, 0.1) is 18.3 Å². The third-order valence-corrected chi connectivity index (χ3v) is 4.19. The fourth-order valence-electron chi connectivity index (χ4n) is 2.66. The highest BCUT2D eigenvalue weighted by atomic mass is 16.5. The van der Waals surface area contributed by atoms with Crippen LogP contribution in [0.4, 0.5) is 0 Å². The minimum Gasteiger partial charge on any atom is -0.496 e. The van der Waals surface area contributed by atoms with Gasteiger partial charge in [0.2, 0.25) is 0 Å². The molecule has 1 fully saturated rings. The Hall–Kier alpha value is -2.52. The van der Waals surface area contributed by atoms with Gasteiger partial charge in [0.1, 0.15) is 23.1 Å². The minimum absolute atomic E-state index is 0.101. The summed E-state index contributed by atoms with van der Waals surface area (Å²) in [7, 11) is 5.17. The summed E-state index contributed by atoms with van der Waals surface area (Å²) >= 11 is 0. The van der Waals surface area contributed by atoms with Crippen molar-refractivity contribution in [2.45, 2.75) is 6.92 Å². The van der Waals surface area contributed by atoms with E-state index >= 15 is 0 Å². The maximum Gasteiger partial charge on any atom is 0.264 e. The van der Waals surface area contributed by atoms with Gasteiger partial charge >= 0.3 is 0 Å². The number of hydrogen-bond acceptors (Lipinski definition) is 5. The van der Waals surface area contributed by atoms with Crippen LogP contribution < -0.4 is 9.47 Å². The van der Waals surface area contributed by atoms with Gasteiger partial charge in [-0.2, -0.15) is 5.26 Å². The van der Waals surface area contributed by atoms with Crippen molar-refractivity contribution in [3.05, 3.63) is 28.8 Å². The number of ether oxygens (including phenoxy) is 2. The molecule has 1 aliphatic heterocycles. The summed E-state index contributed by atoms with van der Waals surface area (Å²) in [5.41, 5.74) is 1.68. The third kappa shape index (κ3) is 3.87. The summed E-state index contributed by atoms with van der Waals surface area (Å²) in [5.74, 6) is 1.05. The van der Waals surface area contributed by atoms with Crippen molar-refractivity contribution in [3.8, 4) is 17.6 Å². The molecule has 0 aromatic heterocycles. The molecule has 0 bridgehead atoms. The zero-order valence-corrected chi connectivity index (χ0v) is 14.6. The standard InChI is InChI=1S/C18H23N3O3/c1-13-9-17(24-4)14(11-16(13)23-3)10-15(12-19)18(22)21-7-5-20(2)6-8-21/h9-11H,5-8H2,1-4H3/b15-10+. The summed E-state index contributed by atoms with van der Waals surface area (Å²) in [6.07, 6.45) is 1.57. The molecule has 6 heteroatoms. The molecule has 1 amide bonds. The lowest BCUT2D eigenvalue weighted by atomic mass is 10.1. The number of piperazine rings is 1. The van der Waals surface area contributed by atoms with Crippen LogP contribution in [-0.2, 0) is 4.79 Å². The van der Waals surface area contributed by atoms with Crippen molar-refractivity contribution in [1.82, 2.24) is 9.80 Å². The van der Waals surface area contributed by atoms with E-state index in [1.165, 1.54) is 0 Å². The smallest absolute Gasteiger partial charge is 0.264 e. The van der Waals surface area contributed by atoms with E-state index in [-0.39, 0.29) is 11.5 Å². The first-order valence-electron chi connectivity index (χ1n) is 7.82. The van der Waals surface area contributed by atoms with Crippen LogP contribution in [0.25, 0.3) is 6.08 Å². The van der Waals surface area contributed by atoms with Gasteiger partial charge < -0.3 is 19.3 Å². The summed E-state index contributed by atoms with van der Waals surface area (Å²) in [6, 6.07) is 5.64. The first-order chi connectivity index (χ1) is 11.5. The molecule has 6 nitrogen and oxygen atoms in total. The molecular weight excluding hydrogens is 306 g/mol. The number of methoxy groups -OCH3 is 2. The van der Waals surface area contributed by atoms with E-state index in [1.54, 1.807) is 31.3 Å². The van der Waals surface area contributed by atoms with Crippen molar-refractivity contribution >= 4 is 12.0 Å². The number of benzene rings is 1. The van der Waals surface area contributed by atoms with Crippen molar-refractivity contribution in [2.75, 3.05) is 47.4 Å². The number of nitrogens with zero attached hydrogens (tertiary/aromatic N) is 3. The van der Waals surface area contributed by atoms with Crippen molar-refractivity contribution < 1.29 is 14.3 Å². The number of carbonyl (C=O) groups is 1. The van der Waals surface area contributed by atoms with Gasteiger partial charge in [0.25, 0.3) is 5.91 Å². The van der Waals surface area contributed by atoms with Gasteiger partial charge in [-0.25, -0.2) is 0 Å². The Kier molecular flexibility index (Phi) is 5.83. The Morgan fingerprint density at radius 1 is 1.17 bits per heavy atom. The molecule has 0 atom stereocenters. The second-order valence-electron chi connectivity index (χ2n) is 5.83. The van der Waals surface area contributed by atoms with Crippen molar-refractivity contribution in [1.29, 1.82) is 5.26 Å². The first kappa shape index (κ1) is 17.8. The Morgan fingerprint density at radius 3 is 2.33 bits per heavy atom. The number of aryl methyl sites for hydroxylation is 1. The normalized spacial score (nSPS) is 15.8. The lowest BCUT2D eigenvalue weighted by molar-refractivity contribution is -0.128. The van der Waals surface area contributed by atoms with Crippen LogP contribution in [0.2, 0.25) is 0 Å². The predicted octanol–water partition coefficient (Wildman–Crippen LogP) is 1.69. The highest BCUT2D eigenvalue weighted by Crippen LogP contribution is 2.30. The lowest BCUT2D eigenvalue weighted by Gasteiger charge is -2.32. The average molecular weight is 329 g/mol. The van der Waals surface area contributed by atoms with E-state index < -0.39 is 0 Å². The van der Waals surface area contributed by atoms with E-state index in [0.717, 1.165) is 18.7 Å². The number of likely N-dealkylation sites (N-methyl/N-ethyl adjacent to an activating group) is 1. The van der Waals surface area contributed by atoms with Crippen LogP contribution in [-0.4, -0.2) is 63.2 Å². The third-order valence-electron chi connectivity index (χ3n) is 4.19. The Morgan fingerprint density at radius 2 is 1.79 bits per heavy atom. The number of amides is 1. The molecule has 128 valence electrons. The molecule has 1 aromatic carbocycles. The molecule has 24 heavy (non-hydrogen) atoms. The summed E-state index contributed by atoms with van der Waals surface area (Å²) in [4.78, 5) is 16.5. The largest absolute Gasteiger partial charge is 0.496 e. The molecule has 0 aliphatic carbocycles. The zero-order valence-electron chi connectivity index (χ0n) is 14.6. The second-order valence-corrected chi connectivity index (χ2v) is 5.83. The highest BCUT2D eigenvalue weighted by Gasteiger charge is 2.22. The molecule has 1 saturated heterocycles. The Balaban J connectivity index is 2.33. The quantitative estimate of drug-likeness (QED) is 0.621. The van der Waals surface area contributed by atoms with Gasteiger partial charge in [0.05, 0.1) is 14.2 Å². The van der Waals surface area contributed by atoms with Gasteiger partial charge in [-0.3, -0.25) is 4.79 Å². The molecule has 1 aliphatic rings. The molecule has 2 rings (SSSR count). The van der Waals surface area contributed by atoms with E-state index in [4.69, 9.17) is 9.47 Å². The summed E-state index contributed by atoms with van der Waals surface area (Å²) < 4.78 is 10.7. The van der Waals surface area contributed by atoms with Crippen LogP contribution in [0.1, 0.15) is 11.1 Å². The van der Waals surface area contributed by atoms with Crippen molar-refractivity contribution in [3.63, 3.8) is 0 Å². The van der Waals surface area contributed by atoms with Crippen LogP contribution >= 0.6 is 0 Å². The molecule has 0 saturated carbocycles. The minimum atomic E-state index is -0.243. The van der Waals surface area contributed by atoms with Crippen molar-refractivity contribution in [2.24, 2.45) is 0 Å². The maximum absolute atomic E-state index is 12.6. The van der Waals surface area contributed by atoms with Gasteiger partial charge in [0, 0.05) is 31.7 Å². The highest BCUT2D eigenvalue weighted by molar-refractivity contribution is 6.02. The molecule has 1 heterocycles. The average Bonchev–Trinajstić information content (AvgIpc) is 2.60. The summed E-state index contributed by atoms with van der Waals surface area (Å²) in [5, 5.41) is 9.44. The van der Waals surface area contributed by atoms with Crippen LogP contribution in [0.3, 0.4) is 0 Å². The van der Waals surface area contributed by atoms with Crippen LogP contribution in [0.5, 0.6) is 11.5 Å². The lowest BCUT2D eigenvalue weighted by Crippen LogP contribution is -2.47. The predicted molar refractivity (Wildman–Crippen MR) is 92.0 cm³/mol. The summed E-state index contributed by atoms with van der Waals surface area (Å²) in [6.45, 7) is 4.79. The van der Waals surface area contributed by atoms with E-state index in [1.807, 2.05) is 26.1 Å².